The van der Waals surface area contributed by atoms with Crippen molar-refractivity contribution in [2.45, 2.75) is 19.8 Å². The van der Waals surface area contributed by atoms with Crippen LogP contribution in [-0.4, -0.2) is 96.7 Å². The molecule has 1 fully saturated rings. The third-order valence-electron chi connectivity index (χ3n) is 8.24. The number of carbonyl (C=O) groups is 3. The van der Waals surface area contributed by atoms with Crippen LogP contribution in [0.2, 0.25) is 0 Å². The smallest absolute Gasteiger partial charge is 0.415 e. The number of amides is 2. The van der Waals surface area contributed by atoms with Crippen molar-refractivity contribution in [1.82, 2.24) is 19.8 Å². The number of alkyl halides is 1. The van der Waals surface area contributed by atoms with Gasteiger partial charge in [-0.25, -0.2) is 9.59 Å². The number of piperazine rings is 1. The average Bonchev–Trinajstić information content (AvgIpc) is 3.69. The van der Waals surface area contributed by atoms with Crippen molar-refractivity contribution in [2.24, 2.45) is 4.99 Å². The minimum absolute atomic E-state index is 0.211. The van der Waals surface area contributed by atoms with Gasteiger partial charge in [-0.2, -0.15) is 0 Å². The van der Waals surface area contributed by atoms with Crippen molar-refractivity contribution in [2.75, 3.05) is 57.7 Å². The van der Waals surface area contributed by atoms with Gasteiger partial charge in [0.1, 0.15) is 5.69 Å². The second-order valence-electron chi connectivity index (χ2n) is 10.9. The van der Waals surface area contributed by atoms with Gasteiger partial charge in [-0.1, -0.05) is 0 Å². The first kappa shape index (κ1) is 28.8. The lowest BCUT2D eigenvalue weighted by molar-refractivity contribution is 0.0602. The summed E-state index contributed by atoms with van der Waals surface area (Å²) in [5.74, 6) is -0.648. The number of rotatable bonds is 5. The molecule has 6 rings (SSSR count). The Morgan fingerprint density at radius 3 is 2.58 bits per heavy atom. The highest BCUT2D eigenvalue weighted by Crippen LogP contribution is 2.48. The van der Waals surface area contributed by atoms with Crippen LogP contribution in [0.5, 0.6) is 5.75 Å². The number of anilines is 1. The zero-order chi connectivity index (χ0) is 30.4. The summed E-state index contributed by atoms with van der Waals surface area (Å²) in [6.45, 7) is 6.43. The van der Waals surface area contributed by atoms with E-state index in [1.165, 1.54) is 7.11 Å². The summed E-state index contributed by atoms with van der Waals surface area (Å²) < 4.78 is 11.1. The number of hydrogen-bond acceptors (Lipinski definition) is 7. The number of likely N-dealkylation sites (N-methyl/N-ethyl adjacent to an activating group) is 1. The summed E-state index contributed by atoms with van der Waals surface area (Å²) in [6.07, 6.45) is 1.22. The normalized spacial score (nSPS) is 17.3. The van der Waals surface area contributed by atoms with Gasteiger partial charge < -0.3 is 34.1 Å². The number of aromatic amines is 2. The number of fused-ring (bicyclic) bond motifs is 4. The molecule has 11 nitrogen and oxygen atoms in total. The van der Waals surface area contributed by atoms with Gasteiger partial charge in [-0.3, -0.25) is 9.79 Å². The van der Waals surface area contributed by atoms with E-state index in [0.717, 1.165) is 35.2 Å². The topological polar surface area (TPSA) is 123 Å². The third kappa shape index (κ3) is 5.02. The van der Waals surface area contributed by atoms with Gasteiger partial charge in [0.15, 0.2) is 5.75 Å². The molecule has 43 heavy (non-hydrogen) atoms. The molecule has 4 heterocycles. The maximum atomic E-state index is 14.1. The van der Waals surface area contributed by atoms with Gasteiger partial charge >= 0.3 is 12.1 Å². The number of nitrogens with one attached hydrogen (secondary N) is 2. The van der Waals surface area contributed by atoms with Gasteiger partial charge in [0.2, 0.25) is 0 Å². The fourth-order valence-electron chi connectivity index (χ4n) is 6.04. The average molecular weight is 605 g/mol. The number of methoxy groups -OCH3 is 1. The molecule has 2 aliphatic heterocycles. The van der Waals surface area contributed by atoms with E-state index in [-0.39, 0.29) is 30.0 Å². The number of nitrogens with zero attached hydrogens (tertiary/aromatic N) is 4. The Bertz CT molecular complexity index is 1780. The van der Waals surface area contributed by atoms with E-state index < -0.39 is 12.1 Å². The standard InChI is InChI=1S/C31H33ClN6O5/c1-5-33-20-6-7-21-18(12-20)13-22(35-21)29(39)38-16-19(15-32)26-23(38)14-24(43-31(41)37-10-8-36(3)9-11-37)28-27(26)25(17(2)34-28)30(40)42-4/h5-7,12-14,19,34-35H,8-11,15-16H2,1-4H3/t19-/m1/s1. The Morgan fingerprint density at radius 1 is 1.12 bits per heavy atom. The number of halogens is 1. The monoisotopic (exact) mass is 604 g/mol. The maximum Gasteiger partial charge on any atom is 0.415 e. The molecule has 12 heteroatoms. The molecule has 4 aromatic rings. The molecule has 224 valence electrons. The molecule has 2 amide bonds. The second-order valence-corrected chi connectivity index (χ2v) is 11.2. The highest BCUT2D eigenvalue weighted by atomic mass is 35.5. The van der Waals surface area contributed by atoms with Crippen LogP contribution in [-0.2, 0) is 4.74 Å². The molecular formula is C31H33ClN6O5. The Kier molecular flexibility index (Phi) is 7.61. The summed E-state index contributed by atoms with van der Waals surface area (Å²) in [4.78, 5) is 56.6. The molecular weight excluding hydrogens is 572 g/mol. The number of carbonyl (C=O) groups excluding carboxylic acids is 3. The summed E-state index contributed by atoms with van der Waals surface area (Å²) >= 11 is 6.49. The van der Waals surface area contributed by atoms with Crippen molar-refractivity contribution >= 4 is 69.0 Å². The van der Waals surface area contributed by atoms with Crippen LogP contribution >= 0.6 is 11.6 Å². The summed E-state index contributed by atoms with van der Waals surface area (Å²) in [5.41, 5.74) is 4.62. The first-order valence-corrected chi connectivity index (χ1v) is 14.7. The molecule has 0 saturated carbocycles. The molecule has 1 atom stereocenters. The van der Waals surface area contributed by atoms with Gasteiger partial charge in [-0.15, -0.1) is 11.6 Å². The number of hydrogen-bond donors (Lipinski definition) is 2. The van der Waals surface area contributed by atoms with Gasteiger partial charge in [0, 0.05) is 78.8 Å². The Morgan fingerprint density at radius 2 is 1.88 bits per heavy atom. The minimum Gasteiger partial charge on any atom is -0.465 e. The molecule has 0 radical (unpaired) electrons. The second kappa shape index (κ2) is 11.4. The molecule has 1 saturated heterocycles. The molecule has 0 unspecified atom stereocenters. The van der Waals surface area contributed by atoms with E-state index in [9.17, 15) is 14.4 Å². The lowest BCUT2D eigenvalue weighted by atomic mass is 9.95. The lowest BCUT2D eigenvalue weighted by Gasteiger charge is -2.31. The number of aliphatic imine (C=N–C) groups is 1. The van der Waals surface area contributed by atoms with Crippen molar-refractivity contribution in [1.29, 1.82) is 0 Å². The zero-order valence-corrected chi connectivity index (χ0v) is 25.2. The molecule has 0 spiro atoms. The maximum absolute atomic E-state index is 14.1. The molecule has 2 aromatic carbocycles. The van der Waals surface area contributed by atoms with E-state index in [4.69, 9.17) is 21.1 Å². The zero-order valence-electron chi connectivity index (χ0n) is 24.5. The van der Waals surface area contributed by atoms with Crippen LogP contribution < -0.4 is 9.64 Å². The van der Waals surface area contributed by atoms with Crippen molar-refractivity contribution in [3.05, 3.63) is 52.8 Å². The predicted octanol–water partition coefficient (Wildman–Crippen LogP) is 5.20. The predicted molar refractivity (Wildman–Crippen MR) is 167 cm³/mol. The van der Waals surface area contributed by atoms with Crippen LogP contribution in [0.1, 0.15) is 44.9 Å². The quantitative estimate of drug-likeness (QED) is 0.183. The molecule has 2 aromatic heterocycles. The van der Waals surface area contributed by atoms with Gasteiger partial charge in [0.25, 0.3) is 5.91 Å². The summed E-state index contributed by atoms with van der Waals surface area (Å²) in [7, 11) is 3.33. The van der Waals surface area contributed by atoms with E-state index in [2.05, 4.69) is 19.9 Å². The molecule has 0 aliphatic carbocycles. The Balaban J connectivity index is 1.47. The largest absolute Gasteiger partial charge is 0.465 e. The van der Waals surface area contributed by atoms with Crippen LogP contribution in [0, 0.1) is 6.92 Å². The number of ether oxygens (including phenoxy) is 2. The summed E-state index contributed by atoms with van der Waals surface area (Å²) in [6, 6.07) is 9.17. The first-order chi connectivity index (χ1) is 20.7. The Hall–Kier alpha value is -4.35. The SMILES string of the molecule is CC=Nc1ccc2[nH]c(C(=O)N3C[C@@H](CCl)c4c3cc(OC(=O)N3CCN(C)CC3)c3[nH]c(C)c(C(=O)OC)c43)cc2c1. The minimum atomic E-state index is -0.534. The van der Waals surface area contributed by atoms with Crippen LogP contribution in [0.4, 0.5) is 16.2 Å². The van der Waals surface area contributed by atoms with Crippen LogP contribution in [0.15, 0.2) is 35.3 Å². The number of aryl methyl sites for hydroxylation is 1. The van der Waals surface area contributed by atoms with E-state index >= 15 is 0 Å². The fraction of sp³-hybridized carbons (Fsp3) is 0.355. The fourth-order valence-corrected chi connectivity index (χ4v) is 6.29. The van der Waals surface area contributed by atoms with E-state index in [1.54, 1.807) is 35.1 Å². The van der Waals surface area contributed by atoms with Crippen molar-refractivity contribution in [3.8, 4) is 5.75 Å². The van der Waals surface area contributed by atoms with Crippen molar-refractivity contribution in [3.63, 3.8) is 0 Å². The highest BCUT2D eigenvalue weighted by Gasteiger charge is 2.38. The number of benzene rings is 2. The lowest BCUT2D eigenvalue weighted by Crippen LogP contribution is -2.48. The van der Waals surface area contributed by atoms with E-state index in [1.807, 2.05) is 32.2 Å². The Labute approximate surface area is 253 Å². The molecule has 2 N–H and O–H groups in total. The number of H-pyrrole nitrogens is 2. The van der Waals surface area contributed by atoms with Crippen LogP contribution in [0.3, 0.4) is 0 Å². The highest BCUT2D eigenvalue weighted by molar-refractivity contribution is 6.20. The van der Waals surface area contributed by atoms with Crippen molar-refractivity contribution < 1.29 is 23.9 Å². The third-order valence-corrected chi connectivity index (χ3v) is 8.61. The first-order valence-electron chi connectivity index (χ1n) is 14.2. The van der Waals surface area contributed by atoms with Gasteiger partial charge in [0.05, 0.1) is 29.6 Å². The molecule has 0 bridgehead atoms. The van der Waals surface area contributed by atoms with Crippen LogP contribution in [0.25, 0.3) is 21.8 Å². The van der Waals surface area contributed by atoms with E-state index in [0.29, 0.717) is 46.6 Å². The number of aromatic nitrogens is 2. The summed E-state index contributed by atoms with van der Waals surface area (Å²) in [5, 5.41) is 1.40. The van der Waals surface area contributed by atoms with Gasteiger partial charge in [-0.05, 0) is 50.7 Å². The molecule has 2 aliphatic rings. The number of esters is 1.